The first-order valence-electron chi connectivity index (χ1n) is 9.47. The second kappa shape index (κ2) is 7.75. The van der Waals surface area contributed by atoms with Gasteiger partial charge in [-0.2, -0.15) is 18.4 Å². The molecule has 3 aromatic rings. The summed E-state index contributed by atoms with van der Waals surface area (Å²) in [5, 5.41) is 12.0. The van der Waals surface area contributed by atoms with Crippen molar-refractivity contribution in [2.24, 2.45) is 0 Å². The molecule has 0 atom stereocenters. The molecule has 2 N–H and O–H groups in total. The van der Waals surface area contributed by atoms with E-state index >= 15 is 0 Å². The zero-order valence-corrected chi connectivity index (χ0v) is 16.1. The molecule has 1 aliphatic rings. The SMILES string of the molecule is N#Cc1ccc(C(F)(F)F)c(-c2cc3cnc(NC(=O)C(=O)N4CCCC4)cc3[nH]2)c1. The Balaban J connectivity index is 1.65. The Kier molecular flexibility index (Phi) is 5.10. The van der Waals surface area contributed by atoms with Crippen LogP contribution < -0.4 is 5.32 Å². The fraction of sp³-hybridized carbons (Fsp3) is 0.238. The quantitative estimate of drug-likeness (QED) is 0.609. The Bertz CT molecular complexity index is 1220. The van der Waals surface area contributed by atoms with Crippen LogP contribution in [0.1, 0.15) is 24.0 Å². The molecule has 2 aromatic heterocycles. The number of fused-ring (bicyclic) bond motifs is 1. The minimum atomic E-state index is -4.60. The largest absolute Gasteiger partial charge is 0.417 e. The highest BCUT2D eigenvalue weighted by Gasteiger charge is 2.34. The number of aromatic amines is 1. The second-order valence-electron chi connectivity index (χ2n) is 7.16. The molecule has 1 aliphatic heterocycles. The van der Waals surface area contributed by atoms with Gasteiger partial charge in [0.25, 0.3) is 0 Å². The van der Waals surface area contributed by atoms with Gasteiger partial charge in [0.15, 0.2) is 0 Å². The lowest BCUT2D eigenvalue weighted by Gasteiger charge is -2.14. The highest BCUT2D eigenvalue weighted by Crippen LogP contribution is 2.38. The number of nitrogens with one attached hydrogen (secondary N) is 2. The second-order valence-corrected chi connectivity index (χ2v) is 7.16. The number of hydrogen-bond donors (Lipinski definition) is 2. The van der Waals surface area contributed by atoms with Crippen LogP contribution in [0.2, 0.25) is 0 Å². The summed E-state index contributed by atoms with van der Waals surface area (Å²) in [7, 11) is 0. The van der Waals surface area contributed by atoms with E-state index in [0.717, 1.165) is 25.0 Å². The van der Waals surface area contributed by atoms with E-state index in [1.165, 1.54) is 29.3 Å². The van der Waals surface area contributed by atoms with Crippen LogP contribution in [-0.4, -0.2) is 39.8 Å². The molecule has 0 bridgehead atoms. The standard InChI is InChI=1S/C21H16F3N5O2/c22-21(23,24)15-4-3-12(10-25)7-14(15)17-8-13-11-26-18(9-16(13)27-17)28-19(30)20(31)29-5-1-2-6-29/h3-4,7-9,11,27H,1-2,5-6H2,(H,26,28,30). The van der Waals surface area contributed by atoms with Crippen molar-refractivity contribution >= 4 is 28.5 Å². The molecule has 10 heteroatoms. The van der Waals surface area contributed by atoms with Crippen LogP contribution >= 0.6 is 0 Å². The van der Waals surface area contributed by atoms with E-state index in [-0.39, 0.29) is 22.6 Å². The molecule has 0 unspecified atom stereocenters. The molecule has 1 fully saturated rings. The lowest BCUT2D eigenvalue weighted by molar-refractivity contribution is -0.142. The average Bonchev–Trinajstić information content (AvgIpc) is 3.41. The van der Waals surface area contributed by atoms with E-state index in [2.05, 4.69) is 15.3 Å². The van der Waals surface area contributed by atoms with Gasteiger partial charge in [-0.15, -0.1) is 0 Å². The molecule has 3 heterocycles. The number of H-pyrrole nitrogens is 1. The van der Waals surface area contributed by atoms with Crippen molar-refractivity contribution in [2.75, 3.05) is 18.4 Å². The summed E-state index contributed by atoms with van der Waals surface area (Å²) >= 11 is 0. The number of benzene rings is 1. The van der Waals surface area contributed by atoms with Crippen molar-refractivity contribution in [1.82, 2.24) is 14.9 Å². The minimum Gasteiger partial charge on any atom is -0.354 e. The van der Waals surface area contributed by atoms with Crippen molar-refractivity contribution in [3.63, 3.8) is 0 Å². The topological polar surface area (TPSA) is 102 Å². The number of hydrogen-bond acceptors (Lipinski definition) is 4. The fourth-order valence-corrected chi connectivity index (χ4v) is 3.56. The van der Waals surface area contributed by atoms with Gasteiger partial charge in [0, 0.05) is 42.0 Å². The molecule has 2 amide bonds. The third-order valence-corrected chi connectivity index (χ3v) is 5.08. The van der Waals surface area contributed by atoms with Gasteiger partial charge < -0.3 is 15.2 Å². The molecule has 0 spiro atoms. The molecular formula is C21H16F3N5O2. The zero-order chi connectivity index (χ0) is 22.2. The average molecular weight is 427 g/mol. The maximum absolute atomic E-state index is 13.4. The molecule has 158 valence electrons. The van der Waals surface area contributed by atoms with E-state index in [1.54, 1.807) is 0 Å². The fourth-order valence-electron chi connectivity index (χ4n) is 3.56. The van der Waals surface area contributed by atoms with Crippen molar-refractivity contribution in [3.8, 4) is 17.3 Å². The summed E-state index contributed by atoms with van der Waals surface area (Å²) in [6, 6.07) is 7.90. The Morgan fingerprint density at radius 2 is 1.90 bits per heavy atom. The van der Waals surface area contributed by atoms with Crippen molar-refractivity contribution in [3.05, 3.63) is 47.7 Å². The molecule has 31 heavy (non-hydrogen) atoms. The highest BCUT2D eigenvalue weighted by molar-refractivity contribution is 6.39. The number of nitriles is 1. The monoisotopic (exact) mass is 427 g/mol. The predicted octanol–water partition coefficient (Wildman–Crippen LogP) is 3.68. The number of pyridine rings is 1. The van der Waals surface area contributed by atoms with Crippen molar-refractivity contribution < 1.29 is 22.8 Å². The lowest BCUT2D eigenvalue weighted by Crippen LogP contribution is -2.37. The summed E-state index contributed by atoms with van der Waals surface area (Å²) < 4.78 is 40.3. The van der Waals surface area contributed by atoms with Crippen LogP contribution in [0, 0.1) is 11.3 Å². The van der Waals surface area contributed by atoms with E-state index in [0.29, 0.717) is 24.0 Å². The smallest absolute Gasteiger partial charge is 0.354 e. The Labute approximate surface area is 174 Å². The van der Waals surface area contributed by atoms with Crippen molar-refractivity contribution in [1.29, 1.82) is 5.26 Å². The number of anilines is 1. The third kappa shape index (κ3) is 4.07. The number of carbonyl (C=O) groups excluding carboxylic acids is 2. The predicted molar refractivity (Wildman–Crippen MR) is 106 cm³/mol. The number of halogens is 3. The van der Waals surface area contributed by atoms with E-state index in [1.807, 2.05) is 6.07 Å². The van der Waals surface area contributed by atoms with Gasteiger partial charge in [0.1, 0.15) is 5.82 Å². The van der Waals surface area contributed by atoms with Crippen LogP contribution in [0.5, 0.6) is 0 Å². The maximum atomic E-state index is 13.4. The first-order chi connectivity index (χ1) is 14.8. The molecule has 0 radical (unpaired) electrons. The number of amides is 2. The van der Waals surface area contributed by atoms with Crippen LogP contribution in [0.15, 0.2) is 36.5 Å². The summed E-state index contributed by atoms with van der Waals surface area (Å²) in [6.45, 7) is 1.06. The number of aromatic nitrogens is 2. The normalized spacial score (nSPS) is 13.9. The van der Waals surface area contributed by atoms with Crippen LogP contribution in [-0.2, 0) is 15.8 Å². The van der Waals surface area contributed by atoms with Gasteiger partial charge in [-0.05, 0) is 37.1 Å². The number of alkyl halides is 3. The molecule has 1 aromatic carbocycles. The number of rotatable bonds is 2. The summed E-state index contributed by atoms with van der Waals surface area (Å²) in [5.41, 5.74) is -0.385. The van der Waals surface area contributed by atoms with Crippen LogP contribution in [0.25, 0.3) is 22.2 Å². The molecule has 0 aliphatic carbocycles. The number of nitrogens with zero attached hydrogens (tertiary/aromatic N) is 3. The van der Waals surface area contributed by atoms with Gasteiger partial charge >= 0.3 is 18.0 Å². The van der Waals surface area contributed by atoms with E-state index in [9.17, 15) is 22.8 Å². The van der Waals surface area contributed by atoms with Gasteiger partial charge in [-0.1, -0.05) is 0 Å². The van der Waals surface area contributed by atoms with Gasteiger partial charge in [-0.25, -0.2) is 4.98 Å². The number of carbonyl (C=O) groups is 2. The highest BCUT2D eigenvalue weighted by atomic mass is 19.4. The Hall–Kier alpha value is -3.87. The first-order valence-corrected chi connectivity index (χ1v) is 9.47. The molecule has 7 nitrogen and oxygen atoms in total. The number of likely N-dealkylation sites (tertiary alicyclic amines) is 1. The summed E-state index contributed by atoms with van der Waals surface area (Å²) in [6.07, 6.45) is -1.52. The lowest BCUT2D eigenvalue weighted by atomic mass is 10.0. The van der Waals surface area contributed by atoms with Gasteiger partial charge in [0.05, 0.1) is 22.7 Å². The molecular weight excluding hydrogens is 411 g/mol. The third-order valence-electron chi connectivity index (χ3n) is 5.08. The van der Waals surface area contributed by atoms with E-state index in [4.69, 9.17) is 5.26 Å². The minimum absolute atomic E-state index is 0.0909. The van der Waals surface area contributed by atoms with Crippen molar-refractivity contribution in [2.45, 2.75) is 19.0 Å². The Morgan fingerprint density at radius 3 is 2.58 bits per heavy atom. The molecule has 0 saturated carbocycles. The summed E-state index contributed by atoms with van der Waals surface area (Å²) in [4.78, 5) is 32.7. The molecule has 1 saturated heterocycles. The van der Waals surface area contributed by atoms with Gasteiger partial charge in [0.2, 0.25) is 0 Å². The Morgan fingerprint density at radius 1 is 1.16 bits per heavy atom. The zero-order valence-electron chi connectivity index (χ0n) is 16.1. The van der Waals surface area contributed by atoms with Crippen LogP contribution in [0.4, 0.5) is 19.0 Å². The van der Waals surface area contributed by atoms with E-state index < -0.39 is 23.6 Å². The molecule has 4 rings (SSSR count). The van der Waals surface area contributed by atoms with Crippen LogP contribution in [0.3, 0.4) is 0 Å². The first kappa shape index (κ1) is 20.4. The maximum Gasteiger partial charge on any atom is 0.417 e. The van der Waals surface area contributed by atoms with Gasteiger partial charge in [-0.3, -0.25) is 9.59 Å². The summed E-state index contributed by atoms with van der Waals surface area (Å²) in [5.74, 6) is -1.36.